The van der Waals surface area contributed by atoms with Crippen molar-refractivity contribution in [3.63, 3.8) is 0 Å². The van der Waals surface area contributed by atoms with Crippen LogP contribution in [0.3, 0.4) is 0 Å². The van der Waals surface area contributed by atoms with Gasteiger partial charge in [-0.1, -0.05) is 6.07 Å². The first-order valence-corrected chi connectivity index (χ1v) is 3.01. The molecule has 0 fully saturated rings. The van der Waals surface area contributed by atoms with Crippen molar-refractivity contribution in [1.29, 1.82) is 0 Å². The van der Waals surface area contributed by atoms with Crippen LogP contribution in [-0.2, 0) is 0 Å². The van der Waals surface area contributed by atoms with Crippen molar-refractivity contribution in [2.45, 2.75) is 0 Å². The molecule has 1 aromatic rings. The summed E-state index contributed by atoms with van der Waals surface area (Å²) in [6.45, 7) is 0. The first-order chi connectivity index (χ1) is 5.29. The third-order valence-corrected chi connectivity index (χ3v) is 1.07. The molecule has 0 spiro atoms. The summed E-state index contributed by atoms with van der Waals surface area (Å²) in [7, 11) is 0. The summed E-state index contributed by atoms with van der Waals surface area (Å²) in [5.74, 6) is 0. The third kappa shape index (κ3) is 2.57. The fourth-order valence-electron chi connectivity index (χ4n) is 0.621. The molecule has 0 aliphatic carbocycles. The van der Waals surface area contributed by atoms with Crippen molar-refractivity contribution in [2.75, 3.05) is 0 Å². The predicted octanol–water partition coefficient (Wildman–Crippen LogP) is 1.33. The lowest BCUT2D eigenvalue weighted by atomic mass is 10.3. The Kier molecular flexibility index (Phi) is 2.32. The Balaban J connectivity index is 2.72. The van der Waals surface area contributed by atoms with Crippen LogP contribution in [0.25, 0.3) is 6.08 Å². The van der Waals surface area contributed by atoms with E-state index in [-0.39, 0.29) is 0 Å². The van der Waals surface area contributed by atoms with Crippen LogP contribution in [0.4, 0.5) is 0 Å². The van der Waals surface area contributed by atoms with Gasteiger partial charge in [-0.2, -0.15) is 0 Å². The summed E-state index contributed by atoms with van der Waals surface area (Å²) in [5.41, 5.74) is 0.726. The monoisotopic (exact) mass is 150 g/mol. The Hall–Kier alpha value is -1.71. The lowest BCUT2D eigenvalue weighted by Gasteiger charge is -1.85. The third-order valence-electron chi connectivity index (χ3n) is 1.07. The van der Waals surface area contributed by atoms with Crippen molar-refractivity contribution < 1.29 is 4.92 Å². The van der Waals surface area contributed by atoms with Gasteiger partial charge in [0.1, 0.15) is 0 Å². The van der Waals surface area contributed by atoms with Gasteiger partial charge < -0.3 is 0 Å². The van der Waals surface area contributed by atoms with E-state index >= 15 is 0 Å². The molecule has 4 nitrogen and oxygen atoms in total. The summed E-state index contributed by atoms with van der Waals surface area (Å²) in [6, 6.07) is 3.46. The number of hydrogen-bond acceptors (Lipinski definition) is 3. The lowest BCUT2D eigenvalue weighted by Crippen LogP contribution is -1.82. The van der Waals surface area contributed by atoms with E-state index < -0.39 is 4.92 Å². The van der Waals surface area contributed by atoms with Gasteiger partial charge in [-0.25, -0.2) is 0 Å². The largest absolute Gasteiger partial charge is 0.264 e. The molecule has 0 bridgehead atoms. The van der Waals surface area contributed by atoms with E-state index in [9.17, 15) is 10.1 Å². The van der Waals surface area contributed by atoms with Crippen LogP contribution in [-0.4, -0.2) is 9.91 Å². The average Bonchev–Trinajstić information content (AvgIpc) is 2.03. The second-order valence-electron chi connectivity index (χ2n) is 1.89. The van der Waals surface area contributed by atoms with E-state index in [1.165, 1.54) is 6.08 Å². The molecule has 4 heteroatoms. The van der Waals surface area contributed by atoms with E-state index in [0.717, 1.165) is 11.8 Å². The van der Waals surface area contributed by atoms with Crippen molar-refractivity contribution in [3.8, 4) is 0 Å². The van der Waals surface area contributed by atoms with Gasteiger partial charge >= 0.3 is 0 Å². The topological polar surface area (TPSA) is 56.0 Å². The highest BCUT2D eigenvalue weighted by molar-refractivity contribution is 5.45. The van der Waals surface area contributed by atoms with Crippen molar-refractivity contribution in [1.82, 2.24) is 4.98 Å². The minimum atomic E-state index is -0.507. The molecule has 0 atom stereocenters. The number of pyridine rings is 1. The summed E-state index contributed by atoms with van der Waals surface area (Å²) < 4.78 is 0. The molecule has 0 saturated heterocycles. The number of hydrogen-bond donors (Lipinski definition) is 0. The van der Waals surface area contributed by atoms with Gasteiger partial charge in [0, 0.05) is 18.5 Å². The van der Waals surface area contributed by atoms with Crippen LogP contribution >= 0.6 is 0 Å². The number of aromatic nitrogens is 1. The molecule has 56 valence electrons. The number of nitro groups is 1. The van der Waals surface area contributed by atoms with Crippen molar-refractivity contribution in [2.24, 2.45) is 0 Å². The SMILES string of the molecule is O=[N+]([O-])/C=C/c1cccnc1. The van der Waals surface area contributed by atoms with Crippen LogP contribution in [0.1, 0.15) is 5.56 Å². The minimum absolute atomic E-state index is 0.507. The minimum Gasteiger partial charge on any atom is -0.264 e. The zero-order valence-electron chi connectivity index (χ0n) is 5.68. The Morgan fingerprint density at radius 2 is 2.45 bits per heavy atom. The first kappa shape index (κ1) is 7.40. The van der Waals surface area contributed by atoms with E-state index in [4.69, 9.17) is 0 Å². The lowest BCUT2D eigenvalue weighted by molar-refractivity contribution is -0.400. The van der Waals surface area contributed by atoms with Crippen molar-refractivity contribution in [3.05, 3.63) is 46.4 Å². The smallest absolute Gasteiger partial charge is 0.235 e. The van der Waals surface area contributed by atoms with Gasteiger partial charge in [0.05, 0.1) is 4.92 Å². The fraction of sp³-hybridized carbons (Fsp3) is 0. The molecule has 0 N–H and O–H groups in total. The summed E-state index contributed by atoms with van der Waals surface area (Å²) >= 11 is 0. The van der Waals surface area contributed by atoms with E-state index in [2.05, 4.69) is 4.98 Å². The normalized spacial score (nSPS) is 10.2. The molecular weight excluding hydrogens is 144 g/mol. The van der Waals surface area contributed by atoms with Gasteiger partial charge in [0.25, 0.3) is 0 Å². The molecule has 1 heterocycles. The molecule has 11 heavy (non-hydrogen) atoms. The zero-order valence-corrected chi connectivity index (χ0v) is 5.68. The number of rotatable bonds is 2. The molecule has 0 amide bonds. The van der Waals surface area contributed by atoms with Crippen LogP contribution in [0.15, 0.2) is 30.7 Å². The molecule has 0 unspecified atom stereocenters. The highest BCUT2D eigenvalue weighted by Gasteiger charge is 1.87. The zero-order chi connectivity index (χ0) is 8.10. The van der Waals surface area contributed by atoms with Crippen LogP contribution in [0.5, 0.6) is 0 Å². The van der Waals surface area contributed by atoms with Gasteiger partial charge in [-0.15, -0.1) is 0 Å². The molecule has 0 radical (unpaired) electrons. The van der Waals surface area contributed by atoms with Gasteiger partial charge in [-0.05, 0) is 11.6 Å². The van der Waals surface area contributed by atoms with E-state index in [0.29, 0.717) is 0 Å². The molecule has 0 aliphatic heterocycles. The van der Waals surface area contributed by atoms with Gasteiger partial charge in [-0.3, -0.25) is 15.1 Å². The Bertz CT molecular complexity index is 269. The standard InChI is InChI=1S/C7H6N2O2/c10-9(11)5-3-7-2-1-4-8-6-7/h1-6H/b5-3+. The predicted molar refractivity (Wildman–Crippen MR) is 40.3 cm³/mol. The Morgan fingerprint density at radius 3 is 3.00 bits per heavy atom. The van der Waals surface area contributed by atoms with Crippen LogP contribution in [0, 0.1) is 10.1 Å². The second kappa shape index (κ2) is 3.46. The second-order valence-corrected chi connectivity index (χ2v) is 1.89. The highest BCUT2D eigenvalue weighted by atomic mass is 16.6. The number of nitrogens with zero attached hydrogens (tertiary/aromatic N) is 2. The summed E-state index contributed by atoms with van der Waals surface area (Å²) in [4.78, 5) is 13.2. The maximum atomic E-state index is 9.87. The molecular formula is C7H6N2O2. The van der Waals surface area contributed by atoms with E-state index in [1.807, 2.05) is 0 Å². The average molecular weight is 150 g/mol. The molecule has 0 saturated carbocycles. The maximum Gasteiger partial charge on any atom is 0.235 e. The maximum absolute atomic E-state index is 9.87. The van der Waals surface area contributed by atoms with Crippen molar-refractivity contribution >= 4 is 6.08 Å². The Labute approximate surface area is 63.3 Å². The molecule has 0 aromatic carbocycles. The van der Waals surface area contributed by atoms with Gasteiger partial charge in [0.2, 0.25) is 6.20 Å². The van der Waals surface area contributed by atoms with Gasteiger partial charge in [0.15, 0.2) is 0 Å². The molecule has 0 aliphatic rings. The summed E-state index contributed by atoms with van der Waals surface area (Å²) in [5, 5.41) is 9.87. The summed E-state index contributed by atoms with van der Waals surface area (Å²) in [6.07, 6.45) is 5.45. The first-order valence-electron chi connectivity index (χ1n) is 3.01. The molecule has 1 rings (SSSR count). The highest BCUT2D eigenvalue weighted by Crippen LogP contribution is 1.97. The van der Waals surface area contributed by atoms with E-state index in [1.54, 1.807) is 24.5 Å². The fourth-order valence-corrected chi connectivity index (χ4v) is 0.621. The van der Waals surface area contributed by atoms with Crippen LogP contribution < -0.4 is 0 Å². The van der Waals surface area contributed by atoms with Crippen LogP contribution in [0.2, 0.25) is 0 Å². The quantitative estimate of drug-likeness (QED) is 0.472. The Morgan fingerprint density at radius 1 is 1.64 bits per heavy atom. The molecule has 1 aromatic heterocycles.